The lowest BCUT2D eigenvalue weighted by Gasteiger charge is -2.08. The Hall–Kier alpha value is -1.28. The maximum atomic E-state index is 11.3. The standard InChI is InChI=1S/C9H11BrN2O4S/c1-16-9(13)11-7-3-2-4-8(5-7)12-17(14,15)6-10/h2-5,12H,6H2,1H3,(H,11,13). The number of hydrogen-bond acceptors (Lipinski definition) is 4. The van der Waals surface area contributed by atoms with Gasteiger partial charge in [0.15, 0.2) is 0 Å². The highest BCUT2D eigenvalue weighted by molar-refractivity contribution is 9.10. The first-order valence-corrected chi connectivity index (χ1v) is 7.25. The van der Waals surface area contributed by atoms with E-state index in [1.165, 1.54) is 13.2 Å². The molecule has 6 nitrogen and oxygen atoms in total. The van der Waals surface area contributed by atoms with Gasteiger partial charge in [-0.3, -0.25) is 10.0 Å². The SMILES string of the molecule is COC(=O)Nc1cccc(NS(=O)(=O)CBr)c1. The minimum atomic E-state index is -3.40. The summed E-state index contributed by atoms with van der Waals surface area (Å²) in [5.41, 5.74) is 0.796. The fraction of sp³-hybridized carbons (Fsp3) is 0.222. The zero-order chi connectivity index (χ0) is 12.9. The molecule has 0 spiro atoms. The van der Waals surface area contributed by atoms with Gasteiger partial charge < -0.3 is 4.74 Å². The van der Waals surface area contributed by atoms with Crippen LogP contribution in [0.1, 0.15) is 0 Å². The number of benzene rings is 1. The molecule has 0 saturated carbocycles. The van der Waals surface area contributed by atoms with E-state index in [-0.39, 0.29) is 4.66 Å². The van der Waals surface area contributed by atoms with Crippen LogP contribution in [0.2, 0.25) is 0 Å². The average Bonchev–Trinajstić information content (AvgIpc) is 2.29. The van der Waals surface area contributed by atoms with Crippen molar-refractivity contribution in [1.82, 2.24) is 0 Å². The summed E-state index contributed by atoms with van der Waals surface area (Å²) in [6.07, 6.45) is -0.620. The molecule has 0 fully saturated rings. The lowest BCUT2D eigenvalue weighted by Crippen LogP contribution is -2.14. The van der Waals surface area contributed by atoms with Crippen molar-refractivity contribution in [3.8, 4) is 0 Å². The van der Waals surface area contributed by atoms with Crippen molar-refractivity contribution in [2.45, 2.75) is 0 Å². The number of sulfonamides is 1. The normalized spacial score (nSPS) is 10.7. The molecule has 0 bridgehead atoms. The first kappa shape index (κ1) is 13.8. The van der Waals surface area contributed by atoms with Gasteiger partial charge in [0.25, 0.3) is 0 Å². The predicted octanol–water partition coefficient (Wildman–Crippen LogP) is 1.96. The van der Waals surface area contributed by atoms with Crippen LogP contribution in [0, 0.1) is 0 Å². The van der Waals surface area contributed by atoms with Crippen LogP contribution in [-0.2, 0) is 14.8 Å². The molecule has 0 radical (unpaired) electrons. The van der Waals surface area contributed by atoms with Crippen molar-refractivity contribution in [2.24, 2.45) is 0 Å². The zero-order valence-corrected chi connectivity index (χ0v) is 11.3. The Morgan fingerprint density at radius 2 is 2.06 bits per heavy atom. The minimum Gasteiger partial charge on any atom is -0.453 e. The molecule has 1 amide bonds. The van der Waals surface area contributed by atoms with Gasteiger partial charge in [0.05, 0.1) is 12.8 Å². The molecule has 0 aliphatic heterocycles. The van der Waals surface area contributed by atoms with Gasteiger partial charge in [0.1, 0.15) is 4.66 Å². The van der Waals surface area contributed by atoms with Crippen molar-refractivity contribution in [1.29, 1.82) is 0 Å². The molecule has 0 atom stereocenters. The van der Waals surface area contributed by atoms with Gasteiger partial charge >= 0.3 is 6.09 Å². The van der Waals surface area contributed by atoms with Gasteiger partial charge in [-0.1, -0.05) is 22.0 Å². The summed E-state index contributed by atoms with van der Waals surface area (Å²) in [5.74, 6) is 0. The molecule has 0 heterocycles. The van der Waals surface area contributed by atoms with Gasteiger partial charge in [-0.2, -0.15) is 0 Å². The molecule has 1 rings (SSSR count). The van der Waals surface area contributed by atoms with Crippen LogP contribution in [0.4, 0.5) is 16.2 Å². The van der Waals surface area contributed by atoms with Gasteiger partial charge in [-0.15, -0.1) is 0 Å². The Morgan fingerprint density at radius 3 is 2.65 bits per heavy atom. The van der Waals surface area contributed by atoms with Crippen LogP contribution < -0.4 is 10.0 Å². The number of carbonyl (C=O) groups excluding carboxylic acids is 1. The maximum Gasteiger partial charge on any atom is 0.411 e. The molecule has 8 heteroatoms. The number of anilines is 2. The molecule has 0 saturated heterocycles. The Kier molecular flexibility index (Phi) is 4.76. The third kappa shape index (κ3) is 4.61. The third-order valence-electron chi connectivity index (χ3n) is 1.71. The Balaban J connectivity index is 2.83. The van der Waals surface area contributed by atoms with Crippen LogP contribution >= 0.6 is 15.9 Å². The fourth-order valence-electron chi connectivity index (χ4n) is 1.04. The monoisotopic (exact) mass is 322 g/mol. The van der Waals surface area contributed by atoms with Gasteiger partial charge in [-0.25, -0.2) is 13.2 Å². The second-order valence-corrected chi connectivity index (χ2v) is 6.05. The van der Waals surface area contributed by atoms with Crippen molar-refractivity contribution in [3.63, 3.8) is 0 Å². The number of alkyl halides is 1. The first-order valence-electron chi connectivity index (χ1n) is 4.48. The lowest BCUT2D eigenvalue weighted by molar-refractivity contribution is 0.187. The van der Waals surface area contributed by atoms with Crippen LogP contribution in [0.25, 0.3) is 0 Å². The molecule has 0 unspecified atom stereocenters. The predicted molar refractivity (Wildman–Crippen MR) is 68.8 cm³/mol. The second-order valence-electron chi connectivity index (χ2n) is 3.02. The lowest BCUT2D eigenvalue weighted by atomic mass is 10.3. The largest absolute Gasteiger partial charge is 0.453 e. The maximum absolute atomic E-state index is 11.3. The summed E-state index contributed by atoms with van der Waals surface area (Å²) < 4.78 is 29.1. The fourth-order valence-corrected chi connectivity index (χ4v) is 1.92. The molecule has 1 aromatic rings. The summed E-state index contributed by atoms with van der Waals surface area (Å²) in [6, 6.07) is 6.28. The van der Waals surface area contributed by atoms with Crippen LogP contribution in [0.15, 0.2) is 24.3 Å². The molecule has 2 N–H and O–H groups in total. The first-order chi connectivity index (χ1) is 7.96. The number of ether oxygens (including phenoxy) is 1. The van der Waals surface area contributed by atoms with E-state index in [4.69, 9.17) is 0 Å². The Morgan fingerprint density at radius 1 is 1.41 bits per heavy atom. The van der Waals surface area contributed by atoms with E-state index in [2.05, 4.69) is 30.7 Å². The van der Waals surface area contributed by atoms with Gasteiger partial charge in [0, 0.05) is 5.69 Å². The molecular weight excluding hydrogens is 312 g/mol. The number of rotatable bonds is 4. The van der Waals surface area contributed by atoms with E-state index < -0.39 is 16.1 Å². The van der Waals surface area contributed by atoms with Crippen LogP contribution in [0.3, 0.4) is 0 Å². The third-order valence-corrected chi connectivity index (χ3v) is 4.35. The van der Waals surface area contributed by atoms with E-state index in [1.54, 1.807) is 18.2 Å². The summed E-state index contributed by atoms with van der Waals surface area (Å²) >= 11 is 2.86. The summed E-state index contributed by atoms with van der Waals surface area (Å²) in [5, 5.41) is 2.43. The number of nitrogens with one attached hydrogen (secondary N) is 2. The summed E-state index contributed by atoms with van der Waals surface area (Å²) in [4.78, 5) is 11.0. The van der Waals surface area contributed by atoms with Crippen LogP contribution in [0.5, 0.6) is 0 Å². The summed E-state index contributed by atoms with van der Waals surface area (Å²) in [6.45, 7) is 0. The van der Waals surface area contributed by atoms with Crippen molar-refractivity contribution in [2.75, 3.05) is 21.8 Å². The highest BCUT2D eigenvalue weighted by Gasteiger charge is 2.08. The smallest absolute Gasteiger partial charge is 0.411 e. The molecule has 0 aliphatic rings. The average molecular weight is 323 g/mol. The number of halogens is 1. The van der Waals surface area contributed by atoms with E-state index in [1.807, 2.05) is 0 Å². The van der Waals surface area contributed by atoms with Crippen molar-refractivity contribution >= 4 is 43.4 Å². The molecule has 17 heavy (non-hydrogen) atoms. The van der Waals surface area contributed by atoms with E-state index in [9.17, 15) is 13.2 Å². The van der Waals surface area contributed by atoms with E-state index in [0.29, 0.717) is 11.4 Å². The van der Waals surface area contributed by atoms with E-state index in [0.717, 1.165) is 0 Å². The second kappa shape index (κ2) is 5.87. The van der Waals surface area contributed by atoms with Crippen molar-refractivity contribution < 1.29 is 17.9 Å². The van der Waals surface area contributed by atoms with Crippen molar-refractivity contribution in [3.05, 3.63) is 24.3 Å². The highest BCUT2D eigenvalue weighted by Crippen LogP contribution is 2.16. The highest BCUT2D eigenvalue weighted by atomic mass is 79.9. The number of amides is 1. The van der Waals surface area contributed by atoms with Crippen LogP contribution in [-0.4, -0.2) is 26.3 Å². The van der Waals surface area contributed by atoms with Gasteiger partial charge in [0.2, 0.25) is 10.0 Å². The summed E-state index contributed by atoms with van der Waals surface area (Å²) in [7, 11) is -2.16. The molecule has 94 valence electrons. The minimum absolute atomic E-state index is 0.200. The Labute approximate surface area is 108 Å². The molecule has 0 aliphatic carbocycles. The number of methoxy groups -OCH3 is 1. The zero-order valence-electron chi connectivity index (χ0n) is 8.94. The quantitative estimate of drug-likeness (QED) is 0.830. The number of hydrogen-bond donors (Lipinski definition) is 2. The Bertz CT molecular complexity index is 503. The van der Waals surface area contributed by atoms with Gasteiger partial charge in [-0.05, 0) is 18.2 Å². The topological polar surface area (TPSA) is 84.5 Å². The molecule has 0 aromatic heterocycles. The number of carbonyl (C=O) groups is 1. The molecular formula is C9H11BrN2O4S. The van der Waals surface area contributed by atoms with E-state index >= 15 is 0 Å². The molecule has 1 aromatic carbocycles.